The molecule has 0 aliphatic heterocycles. The second-order valence-corrected chi connectivity index (χ2v) is 4.32. The summed E-state index contributed by atoms with van der Waals surface area (Å²) in [5.74, 6) is 0.703. The van der Waals surface area contributed by atoms with Crippen LogP contribution in [0.1, 0.15) is 5.56 Å². The summed E-state index contributed by atoms with van der Waals surface area (Å²) in [7, 11) is 0. The Balaban J connectivity index is 2.07. The van der Waals surface area contributed by atoms with E-state index in [-0.39, 0.29) is 5.69 Å². The molecule has 0 aliphatic carbocycles. The zero-order valence-electron chi connectivity index (χ0n) is 11.8. The lowest BCUT2D eigenvalue weighted by Gasteiger charge is -2.04. The van der Waals surface area contributed by atoms with Gasteiger partial charge in [-0.3, -0.25) is 15.5 Å². The van der Waals surface area contributed by atoms with Crippen LogP contribution >= 0.6 is 0 Å². The summed E-state index contributed by atoms with van der Waals surface area (Å²) in [5.41, 5.74) is 3.80. The molecule has 0 saturated carbocycles. The Morgan fingerprint density at radius 3 is 2.86 bits per heavy atom. The van der Waals surface area contributed by atoms with Crippen LogP contribution in [0.3, 0.4) is 0 Å². The van der Waals surface area contributed by atoms with Crippen LogP contribution in [-0.4, -0.2) is 17.7 Å². The number of hydrogen-bond donors (Lipinski definition) is 1. The first-order chi connectivity index (χ1) is 10.7. The molecule has 6 nitrogen and oxygen atoms in total. The Bertz CT molecular complexity index is 699. The van der Waals surface area contributed by atoms with E-state index in [0.29, 0.717) is 18.0 Å². The van der Waals surface area contributed by atoms with Gasteiger partial charge in [-0.2, -0.15) is 5.10 Å². The number of nitro benzene ring substituents is 1. The number of nitrogens with one attached hydrogen (secondary N) is 1. The number of rotatable bonds is 7. The predicted octanol–water partition coefficient (Wildman–Crippen LogP) is 3.61. The van der Waals surface area contributed by atoms with Crippen LogP contribution < -0.4 is 10.2 Å². The predicted molar refractivity (Wildman–Crippen MR) is 86.4 cm³/mol. The molecule has 0 aliphatic rings. The molecule has 0 unspecified atom stereocenters. The number of anilines is 1. The van der Waals surface area contributed by atoms with E-state index >= 15 is 0 Å². The van der Waals surface area contributed by atoms with E-state index in [1.165, 1.54) is 6.07 Å². The largest absolute Gasteiger partial charge is 0.490 e. The number of nitro groups is 1. The van der Waals surface area contributed by atoms with Crippen LogP contribution in [0.5, 0.6) is 5.75 Å². The molecule has 1 N–H and O–H groups in total. The Morgan fingerprint density at radius 1 is 1.27 bits per heavy atom. The SMILES string of the molecule is C=CCOc1cccc(/C=N\Nc2ccccc2[N+](=O)[O-])c1. The highest BCUT2D eigenvalue weighted by Gasteiger charge is 2.10. The normalized spacial score (nSPS) is 10.4. The van der Waals surface area contributed by atoms with Crippen molar-refractivity contribution in [1.29, 1.82) is 0 Å². The van der Waals surface area contributed by atoms with Crippen molar-refractivity contribution < 1.29 is 9.66 Å². The van der Waals surface area contributed by atoms with Crippen molar-refractivity contribution in [2.24, 2.45) is 5.10 Å². The Kier molecular flexibility index (Phi) is 5.25. The Morgan fingerprint density at radius 2 is 2.09 bits per heavy atom. The fraction of sp³-hybridized carbons (Fsp3) is 0.0625. The maximum Gasteiger partial charge on any atom is 0.294 e. The van der Waals surface area contributed by atoms with Crippen LogP contribution in [0.25, 0.3) is 0 Å². The van der Waals surface area contributed by atoms with Crippen LogP contribution in [0.2, 0.25) is 0 Å². The lowest BCUT2D eigenvalue weighted by Crippen LogP contribution is -1.97. The van der Waals surface area contributed by atoms with Gasteiger partial charge in [0, 0.05) is 6.07 Å². The smallest absolute Gasteiger partial charge is 0.294 e. The Hall–Kier alpha value is -3.15. The molecule has 0 spiro atoms. The molecule has 0 radical (unpaired) electrons. The first-order valence-corrected chi connectivity index (χ1v) is 6.57. The van der Waals surface area contributed by atoms with Gasteiger partial charge < -0.3 is 4.74 Å². The van der Waals surface area contributed by atoms with E-state index in [9.17, 15) is 10.1 Å². The molecule has 2 aromatic carbocycles. The van der Waals surface area contributed by atoms with Gasteiger partial charge in [0.2, 0.25) is 0 Å². The van der Waals surface area contributed by atoms with Gasteiger partial charge >= 0.3 is 0 Å². The first kappa shape index (κ1) is 15.2. The van der Waals surface area contributed by atoms with Crippen LogP contribution in [-0.2, 0) is 0 Å². The third-order valence-corrected chi connectivity index (χ3v) is 2.73. The number of ether oxygens (including phenoxy) is 1. The second kappa shape index (κ2) is 7.58. The number of benzene rings is 2. The number of nitrogens with zero attached hydrogens (tertiary/aromatic N) is 2. The summed E-state index contributed by atoms with van der Waals surface area (Å²) in [4.78, 5) is 10.4. The molecule has 0 heterocycles. The van der Waals surface area contributed by atoms with E-state index in [0.717, 1.165) is 5.56 Å². The summed E-state index contributed by atoms with van der Waals surface area (Å²) in [6.45, 7) is 4.01. The second-order valence-electron chi connectivity index (χ2n) is 4.32. The molecule has 0 atom stereocenters. The van der Waals surface area contributed by atoms with Gasteiger partial charge in [-0.25, -0.2) is 0 Å². The minimum atomic E-state index is -0.457. The van der Waals surface area contributed by atoms with E-state index in [2.05, 4.69) is 17.1 Å². The molecule has 6 heteroatoms. The van der Waals surface area contributed by atoms with Crippen molar-refractivity contribution in [3.05, 3.63) is 76.9 Å². The van der Waals surface area contributed by atoms with Gasteiger partial charge in [0.05, 0.1) is 11.1 Å². The fourth-order valence-corrected chi connectivity index (χ4v) is 1.74. The first-order valence-electron chi connectivity index (χ1n) is 6.57. The molecular formula is C16H15N3O3. The van der Waals surface area contributed by atoms with Crippen LogP contribution in [0.15, 0.2) is 66.3 Å². The molecule has 0 amide bonds. The highest BCUT2D eigenvalue weighted by Crippen LogP contribution is 2.23. The summed E-state index contributed by atoms with van der Waals surface area (Å²) in [6.07, 6.45) is 3.23. The summed E-state index contributed by atoms with van der Waals surface area (Å²) in [5, 5.41) is 14.9. The number of hydrogen-bond acceptors (Lipinski definition) is 5. The fourth-order valence-electron chi connectivity index (χ4n) is 1.74. The highest BCUT2D eigenvalue weighted by molar-refractivity contribution is 5.81. The van der Waals surface area contributed by atoms with E-state index in [1.54, 1.807) is 30.5 Å². The third kappa shape index (κ3) is 4.17. The Labute approximate surface area is 127 Å². The molecule has 0 fully saturated rings. The average molecular weight is 297 g/mol. The third-order valence-electron chi connectivity index (χ3n) is 2.73. The monoisotopic (exact) mass is 297 g/mol. The van der Waals surface area contributed by atoms with Gasteiger partial charge in [-0.05, 0) is 23.8 Å². The van der Waals surface area contributed by atoms with Crippen molar-refractivity contribution in [2.75, 3.05) is 12.0 Å². The van der Waals surface area contributed by atoms with Crippen LogP contribution in [0.4, 0.5) is 11.4 Å². The molecule has 0 aromatic heterocycles. The summed E-state index contributed by atoms with van der Waals surface area (Å²) >= 11 is 0. The van der Waals surface area contributed by atoms with E-state index in [4.69, 9.17) is 4.74 Å². The van der Waals surface area contributed by atoms with E-state index in [1.807, 2.05) is 24.3 Å². The zero-order valence-corrected chi connectivity index (χ0v) is 11.8. The number of para-hydroxylation sites is 2. The molecular weight excluding hydrogens is 282 g/mol. The molecule has 0 bridgehead atoms. The molecule has 112 valence electrons. The minimum absolute atomic E-state index is 0.0253. The summed E-state index contributed by atoms with van der Waals surface area (Å²) in [6, 6.07) is 13.7. The highest BCUT2D eigenvalue weighted by atomic mass is 16.6. The molecule has 22 heavy (non-hydrogen) atoms. The number of hydrazone groups is 1. The summed E-state index contributed by atoms with van der Waals surface area (Å²) < 4.78 is 5.42. The quantitative estimate of drug-likeness (QED) is 0.366. The topological polar surface area (TPSA) is 76.8 Å². The van der Waals surface area contributed by atoms with Crippen molar-refractivity contribution >= 4 is 17.6 Å². The average Bonchev–Trinajstić information content (AvgIpc) is 2.53. The van der Waals surface area contributed by atoms with Gasteiger partial charge in [0.1, 0.15) is 18.0 Å². The lowest BCUT2D eigenvalue weighted by atomic mass is 10.2. The minimum Gasteiger partial charge on any atom is -0.490 e. The van der Waals surface area contributed by atoms with Gasteiger partial charge in [0.25, 0.3) is 5.69 Å². The van der Waals surface area contributed by atoms with E-state index < -0.39 is 4.92 Å². The molecule has 2 rings (SSSR count). The lowest BCUT2D eigenvalue weighted by molar-refractivity contribution is -0.384. The van der Waals surface area contributed by atoms with Crippen molar-refractivity contribution in [1.82, 2.24) is 0 Å². The standard InChI is InChI=1S/C16H15N3O3/c1-2-10-22-14-7-5-6-13(11-14)12-17-18-15-8-3-4-9-16(15)19(20)21/h2-9,11-12,18H,1,10H2/b17-12-. The maximum absolute atomic E-state index is 10.9. The van der Waals surface area contributed by atoms with Crippen molar-refractivity contribution in [3.63, 3.8) is 0 Å². The molecule has 0 saturated heterocycles. The zero-order chi connectivity index (χ0) is 15.8. The maximum atomic E-state index is 10.9. The van der Waals surface area contributed by atoms with Crippen molar-refractivity contribution in [2.45, 2.75) is 0 Å². The van der Waals surface area contributed by atoms with Crippen LogP contribution in [0, 0.1) is 10.1 Å². The van der Waals surface area contributed by atoms with Gasteiger partial charge in [0.15, 0.2) is 0 Å². The van der Waals surface area contributed by atoms with Gasteiger partial charge in [-0.1, -0.05) is 36.9 Å². The van der Waals surface area contributed by atoms with Crippen molar-refractivity contribution in [3.8, 4) is 5.75 Å². The molecule has 2 aromatic rings. The van der Waals surface area contributed by atoms with Gasteiger partial charge in [-0.15, -0.1) is 0 Å².